The van der Waals surface area contributed by atoms with E-state index in [0.717, 1.165) is 25.0 Å². The van der Waals surface area contributed by atoms with Crippen molar-refractivity contribution in [2.45, 2.75) is 51.4 Å². The van der Waals surface area contributed by atoms with Crippen LogP contribution >= 0.6 is 0 Å². The molecule has 21 heavy (non-hydrogen) atoms. The minimum Gasteiger partial charge on any atom is -0.477 e. The number of oxime groups is 1. The predicted molar refractivity (Wildman–Crippen MR) is 80.8 cm³/mol. The lowest BCUT2D eigenvalue weighted by molar-refractivity contribution is 0.202. The van der Waals surface area contributed by atoms with Crippen molar-refractivity contribution < 1.29 is 9.94 Å². The van der Waals surface area contributed by atoms with Gasteiger partial charge in [-0.2, -0.15) is 0 Å². The van der Waals surface area contributed by atoms with Gasteiger partial charge < -0.3 is 15.7 Å². The molecule has 1 aromatic heterocycles. The van der Waals surface area contributed by atoms with Gasteiger partial charge in [-0.15, -0.1) is 0 Å². The summed E-state index contributed by atoms with van der Waals surface area (Å²) < 4.78 is 5.94. The number of amidine groups is 1. The maximum atomic E-state index is 8.96. The maximum Gasteiger partial charge on any atom is 0.224 e. The van der Waals surface area contributed by atoms with Gasteiger partial charge in [-0.05, 0) is 49.7 Å². The van der Waals surface area contributed by atoms with Crippen molar-refractivity contribution in [3.05, 3.63) is 22.9 Å². The molecule has 3 N–H and O–H groups in total. The fourth-order valence-corrected chi connectivity index (χ4v) is 3.35. The fourth-order valence-electron chi connectivity index (χ4n) is 3.35. The fraction of sp³-hybridized carbons (Fsp3) is 0.625. The normalized spacial score (nSPS) is 19.5. The summed E-state index contributed by atoms with van der Waals surface area (Å²) in [6.07, 6.45) is 9.49. The zero-order chi connectivity index (χ0) is 14.7. The number of aromatic nitrogens is 1. The van der Waals surface area contributed by atoms with Crippen LogP contribution in [0.25, 0.3) is 0 Å². The lowest BCUT2D eigenvalue weighted by atomic mass is 9.90. The number of nitrogens with two attached hydrogens (primary N) is 1. The van der Waals surface area contributed by atoms with Crippen LogP contribution in [0, 0.1) is 5.92 Å². The summed E-state index contributed by atoms with van der Waals surface area (Å²) in [5.41, 5.74) is 8.69. The number of ether oxygens (including phenoxy) is 1. The topological polar surface area (TPSA) is 80.7 Å². The zero-order valence-electron chi connectivity index (χ0n) is 12.3. The third-order valence-electron chi connectivity index (χ3n) is 4.58. The van der Waals surface area contributed by atoms with E-state index in [2.05, 4.69) is 10.1 Å². The largest absolute Gasteiger partial charge is 0.477 e. The summed E-state index contributed by atoms with van der Waals surface area (Å²) in [5, 5.41) is 12.1. The van der Waals surface area contributed by atoms with Crippen molar-refractivity contribution in [1.29, 1.82) is 0 Å². The van der Waals surface area contributed by atoms with Gasteiger partial charge in [-0.1, -0.05) is 24.4 Å². The molecule has 0 radical (unpaired) electrons. The second-order valence-electron chi connectivity index (χ2n) is 6.10. The number of aryl methyl sites for hydroxylation is 2. The molecule has 0 unspecified atom stereocenters. The Morgan fingerprint density at radius 2 is 2.10 bits per heavy atom. The molecule has 0 atom stereocenters. The van der Waals surface area contributed by atoms with Crippen LogP contribution in [-0.4, -0.2) is 22.6 Å². The van der Waals surface area contributed by atoms with Gasteiger partial charge in [0.1, 0.15) is 0 Å². The molecule has 0 aromatic carbocycles. The van der Waals surface area contributed by atoms with E-state index < -0.39 is 0 Å². The van der Waals surface area contributed by atoms with Crippen LogP contribution in [0.5, 0.6) is 5.88 Å². The molecule has 0 amide bonds. The van der Waals surface area contributed by atoms with Crippen LogP contribution in [0.2, 0.25) is 0 Å². The maximum absolute atomic E-state index is 8.96. The molecule has 5 heteroatoms. The first-order valence-corrected chi connectivity index (χ1v) is 7.91. The Bertz CT molecular complexity index is 537. The Morgan fingerprint density at radius 3 is 2.86 bits per heavy atom. The van der Waals surface area contributed by atoms with Crippen LogP contribution in [0.3, 0.4) is 0 Å². The molecule has 0 aliphatic heterocycles. The van der Waals surface area contributed by atoms with Gasteiger partial charge in [0, 0.05) is 5.69 Å². The first-order valence-electron chi connectivity index (χ1n) is 7.91. The second-order valence-corrected chi connectivity index (χ2v) is 6.10. The van der Waals surface area contributed by atoms with E-state index in [1.54, 1.807) is 0 Å². The summed E-state index contributed by atoms with van der Waals surface area (Å²) in [5.74, 6) is 1.21. The molecule has 114 valence electrons. The van der Waals surface area contributed by atoms with Crippen molar-refractivity contribution in [3.63, 3.8) is 0 Å². The average Bonchev–Trinajstić information content (AvgIpc) is 2.99. The molecule has 2 aliphatic rings. The standard InChI is InChI=1S/C16H23N3O2/c17-15(19-20)13-9-12-7-4-8-14(12)18-16(13)21-10-11-5-2-1-3-6-11/h9,11,20H,1-8,10H2,(H2,17,19). The number of hydrogen-bond donors (Lipinski definition) is 2. The highest BCUT2D eigenvalue weighted by Crippen LogP contribution is 2.28. The highest BCUT2D eigenvalue weighted by Gasteiger charge is 2.21. The van der Waals surface area contributed by atoms with Crippen molar-refractivity contribution in [2.24, 2.45) is 16.8 Å². The highest BCUT2D eigenvalue weighted by atomic mass is 16.5. The third-order valence-corrected chi connectivity index (χ3v) is 4.58. The van der Waals surface area contributed by atoms with Crippen molar-refractivity contribution in [2.75, 3.05) is 6.61 Å². The summed E-state index contributed by atoms with van der Waals surface area (Å²) >= 11 is 0. The Labute approximate surface area is 125 Å². The molecule has 0 spiro atoms. The molecule has 3 rings (SSSR count). The van der Waals surface area contributed by atoms with Crippen LogP contribution in [-0.2, 0) is 12.8 Å². The van der Waals surface area contributed by atoms with Crippen molar-refractivity contribution >= 4 is 5.84 Å². The minimum atomic E-state index is 0.0795. The molecule has 5 nitrogen and oxygen atoms in total. The molecule has 1 saturated carbocycles. The van der Waals surface area contributed by atoms with Crippen LogP contribution in [0.15, 0.2) is 11.2 Å². The number of hydrogen-bond acceptors (Lipinski definition) is 4. The Kier molecular flexibility index (Phi) is 4.27. The molecule has 0 bridgehead atoms. The van der Waals surface area contributed by atoms with E-state index >= 15 is 0 Å². The van der Waals surface area contributed by atoms with Crippen molar-refractivity contribution in [1.82, 2.24) is 4.98 Å². The number of pyridine rings is 1. The predicted octanol–water partition coefficient (Wildman–Crippen LogP) is 2.62. The summed E-state index contributed by atoms with van der Waals surface area (Å²) in [6, 6.07) is 1.97. The van der Waals surface area contributed by atoms with Gasteiger partial charge in [0.25, 0.3) is 0 Å². The number of nitrogens with zero attached hydrogens (tertiary/aromatic N) is 2. The molecule has 1 heterocycles. The average molecular weight is 289 g/mol. The lowest BCUT2D eigenvalue weighted by Gasteiger charge is -2.22. The Balaban J connectivity index is 1.79. The molecule has 0 saturated heterocycles. The lowest BCUT2D eigenvalue weighted by Crippen LogP contribution is -2.20. The van der Waals surface area contributed by atoms with E-state index in [0.29, 0.717) is 24.0 Å². The Morgan fingerprint density at radius 1 is 1.29 bits per heavy atom. The SMILES string of the molecule is NC(=NO)c1cc2c(nc1OCC1CCCCC1)CCC2. The highest BCUT2D eigenvalue weighted by molar-refractivity contribution is 5.99. The van der Waals surface area contributed by atoms with E-state index in [1.807, 2.05) is 6.07 Å². The smallest absolute Gasteiger partial charge is 0.224 e. The molecule has 2 aliphatic carbocycles. The molecular formula is C16H23N3O2. The molecular weight excluding hydrogens is 266 g/mol. The van der Waals surface area contributed by atoms with Crippen LogP contribution in [0.4, 0.5) is 0 Å². The van der Waals surface area contributed by atoms with E-state index in [-0.39, 0.29) is 5.84 Å². The molecule has 1 aromatic rings. The third kappa shape index (κ3) is 3.12. The second kappa shape index (κ2) is 6.33. The molecule has 1 fully saturated rings. The van der Waals surface area contributed by atoms with E-state index in [9.17, 15) is 0 Å². The summed E-state index contributed by atoms with van der Waals surface area (Å²) in [4.78, 5) is 4.61. The first kappa shape index (κ1) is 14.2. The monoisotopic (exact) mass is 289 g/mol. The van der Waals surface area contributed by atoms with Gasteiger partial charge in [0.2, 0.25) is 5.88 Å². The minimum absolute atomic E-state index is 0.0795. The van der Waals surface area contributed by atoms with Gasteiger partial charge in [-0.3, -0.25) is 0 Å². The Hall–Kier alpha value is -1.78. The van der Waals surface area contributed by atoms with E-state index in [4.69, 9.17) is 15.7 Å². The van der Waals surface area contributed by atoms with Gasteiger partial charge in [0.15, 0.2) is 5.84 Å². The summed E-state index contributed by atoms with van der Waals surface area (Å²) in [6.45, 7) is 0.678. The van der Waals surface area contributed by atoms with Crippen LogP contribution < -0.4 is 10.5 Å². The summed E-state index contributed by atoms with van der Waals surface area (Å²) in [7, 11) is 0. The zero-order valence-corrected chi connectivity index (χ0v) is 12.3. The number of fused-ring (bicyclic) bond motifs is 1. The van der Waals surface area contributed by atoms with Crippen molar-refractivity contribution in [3.8, 4) is 5.88 Å². The van der Waals surface area contributed by atoms with E-state index in [1.165, 1.54) is 37.7 Å². The quantitative estimate of drug-likeness (QED) is 0.386. The van der Waals surface area contributed by atoms with Gasteiger partial charge in [-0.25, -0.2) is 4.98 Å². The van der Waals surface area contributed by atoms with Gasteiger partial charge in [0.05, 0.1) is 12.2 Å². The van der Waals surface area contributed by atoms with Gasteiger partial charge >= 0.3 is 0 Å². The number of rotatable bonds is 4. The van der Waals surface area contributed by atoms with Crippen LogP contribution in [0.1, 0.15) is 55.3 Å². The first-order chi connectivity index (χ1) is 10.3.